The summed E-state index contributed by atoms with van der Waals surface area (Å²) in [6.07, 6.45) is 5.89. The molecule has 1 aromatic heterocycles. The largest absolute Gasteiger partial charge is 0.481 e. The van der Waals surface area contributed by atoms with Crippen LogP contribution in [0.3, 0.4) is 0 Å². The van der Waals surface area contributed by atoms with Crippen molar-refractivity contribution in [2.75, 3.05) is 6.61 Å². The van der Waals surface area contributed by atoms with Crippen LogP contribution in [-0.4, -0.2) is 36.2 Å². The predicted molar refractivity (Wildman–Crippen MR) is 157 cm³/mol. The Kier molecular flexibility index (Phi) is 8.34. The number of aromatic amines is 1. The van der Waals surface area contributed by atoms with Crippen molar-refractivity contribution in [3.8, 4) is 0 Å². The van der Waals surface area contributed by atoms with Gasteiger partial charge in [-0.05, 0) is 52.4 Å². The Labute approximate surface area is 229 Å². The highest BCUT2D eigenvalue weighted by Crippen LogP contribution is 2.43. The second-order valence-electron chi connectivity index (χ2n) is 13.1. The standard InChI is InChI=1S/C32H44N2O3Si/c1-31(2,3)28(30(35)36)27-21-33-34-29(27)24-19-17-23(18-20-24)22-37-38(32(4,5)6,25-13-9-7-10-14-25)26-15-11-8-12-16-26/h7-16,21,23-24,28H,17-20,22H2,1-6H3,(H,33,34)(H,35,36). The first kappa shape index (κ1) is 28.3. The van der Waals surface area contributed by atoms with Crippen molar-refractivity contribution in [1.82, 2.24) is 10.2 Å². The average Bonchev–Trinajstić information content (AvgIpc) is 3.33. The third-order valence-electron chi connectivity index (χ3n) is 8.33. The van der Waals surface area contributed by atoms with E-state index in [0.717, 1.165) is 43.5 Å². The van der Waals surface area contributed by atoms with Crippen LogP contribution >= 0.6 is 0 Å². The summed E-state index contributed by atoms with van der Waals surface area (Å²) < 4.78 is 7.21. The van der Waals surface area contributed by atoms with Gasteiger partial charge in [-0.2, -0.15) is 5.10 Å². The first-order valence-electron chi connectivity index (χ1n) is 14.0. The summed E-state index contributed by atoms with van der Waals surface area (Å²) in [6.45, 7) is 13.7. The van der Waals surface area contributed by atoms with Gasteiger partial charge < -0.3 is 9.53 Å². The maximum absolute atomic E-state index is 12.2. The summed E-state index contributed by atoms with van der Waals surface area (Å²) in [7, 11) is -2.54. The van der Waals surface area contributed by atoms with Gasteiger partial charge >= 0.3 is 5.97 Å². The molecule has 1 saturated carbocycles. The second kappa shape index (κ2) is 11.2. The minimum absolute atomic E-state index is 0.0312. The molecule has 0 saturated heterocycles. The van der Waals surface area contributed by atoms with Crippen LogP contribution in [0.1, 0.15) is 90.3 Å². The number of aromatic nitrogens is 2. The van der Waals surface area contributed by atoms with Crippen molar-refractivity contribution in [2.24, 2.45) is 11.3 Å². The number of aliphatic carboxylic acids is 1. The molecule has 1 aliphatic rings. The highest BCUT2D eigenvalue weighted by Gasteiger charge is 2.50. The van der Waals surface area contributed by atoms with Crippen LogP contribution in [0, 0.1) is 11.3 Å². The minimum atomic E-state index is -2.54. The van der Waals surface area contributed by atoms with E-state index >= 15 is 0 Å². The van der Waals surface area contributed by atoms with E-state index in [2.05, 4.69) is 91.6 Å². The van der Waals surface area contributed by atoms with Gasteiger partial charge in [-0.15, -0.1) is 0 Å². The van der Waals surface area contributed by atoms with Crippen LogP contribution in [0.15, 0.2) is 66.9 Å². The van der Waals surface area contributed by atoms with Crippen molar-refractivity contribution >= 4 is 24.7 Å². The highest BCUT2D eigenvalue weighted by atomic mass is 28.4. The van der Waals surface area contributed by atoms with Crippen LogP contribution in [0.4, 0.5) is 0 Å². The van der Waals surface area contributed by atoms with Gasteiger partial charge in [0.15, 0.2) is 0 Å². The number of hydrogen-bond acceptors (Lipinski definition) is 3. The lowest BCUT2D eigenvalue weighted by Crippen LogP contribution is -2.66. The van der Waals surface area contributed by atoms with Crippen molar-refractivity contribution < 1.29 is 14.3 Å². The second-order valence-corrected chi connectivity index (χ2v) is 17.4. The molecule has 0 amide bonds. The van der Waals surface area contributed by atoms with Crippen molar-refractivity contribution in [2.45, 2.75) is 84.1 Å². The fraction of sp³-hybridized carbons (Fsp3) is 0.500. The van der Waals surface area contributed by atoms with Crippen LogP contribution in [0.2, 0.25) is 5.04 Å². The summed E-state index contributed by atoms with van der Waals surface area (Å²) in [6, 6.07) is 21.7. The van der Waals surface area contributed by atoms with Crippen LogP contribution < -0.4 is 10.4 Å². The number of hydrogen-bond donors (Lipinski definition) is 2. The highest BCUT2D eigenvalue weighted by molar-refractivity contribution is 6.99. The number of carbonyl (C=O) groups is 1. The van der Waals surface area contributed by atoms with Crippen LogP contribution in [-0.2, 0) is 9.22 Å². The maximum Gasteiger partial charge on any atom is 0.311 e. The molecule has 5 nitrogen and oxygen atoms in total. The van der Waals surface area contributed by atoms with Crippen molar-refractivity contribution in [1.29, 1.82) is 0 Å². The molecule has 204 valence electrons. The van der Waals surface area contributed by atoms with Gasteiger partial charge in [0.2, 0.25) is 0 Å². The van der Waals surface area contributed by atoms with Crippen molar-refractivity contribution in [3.63, 3.8) is 0 Å². The number of nitrogens with zero attached hydrogens (tertiary/aromatic N) is 1. The molecular formula is C32H44N2O3Si. The average molecular weight is 533 g/mol. The van der Waals surface area contributed by atoms with E-state index in [4.69, 9.17) is 4.43 Å². The Morgan fingerprint density at radius 1 is 0.947 bits per heavy atom. The number of benzene rings is 2. The Morgan fingerprint density at radius 3 is 1.92 bits per heavy atom. The van der Waals surface area contributed by atoms with Gasteiger partial charge in [-0.25, -0.2) is 0 Å². The topological polar surface area (TPSA) is 75.2 Å². The smallest absolute Gasteiger partial charge is 0.311 e. The molecule has 2 aromatic carbocycles. The van der Waals surface area contributed by atoms with Gasteiger partial charge in [-0.1, -0.05) is 102 Å². The minimum Gasteiger partial charge on any atom is -0.481 e. The zero-order valence-corrected chi connectivity index (χ0v) is 24.8. The molecule has 3 aromatic rings. The first-order chi connectivity index (χ1) is 17.9. The predicted octanol–water partition coefficient (Wildman–Crippen LogP) is 6.47. The van der Waals surface area contributed by atoms with Gasteiger partial charge in [0, 0.05) is 23.8 Å². The fourth-order valence-corrected chi connectivity index (χ4v) is 11.1. The molecule has 1 atom stereocenters. The van der Waals surface area contributed by atoms with E-state index in [9.17, 15) is 9.90 Å². The van der Waals surface area contributed by atoms with Crippen LogP contribution in [0.25, 0.3) is 0 Å². The van der Waals surface area contributed by atoms with Gasteiger partial charge in [0.05, 0.1) is 12.1 Å². The molecular weight excluding hydrogens is 488 g/mol. The molecule has 0 spiro atoms. The zero-order chi connectivity index (χ0) is 27.6. The maximum atomic E-state index is 12.2. The number of carboxylic acid groups (broad SMARTS) is 1. The Balaban J connectivity index is 1.52. The molecule has 1 fully saturated rings. The molecule has 0 radical (unpaired) electrons. The van der Waals surface area contributed by atoms with E-state index in [-0.39, 0.29) is 10.5 Å². The molecule has 1 aliphatic carbocycles. The number of carboxylic acids is 1. The third-order valence-corrected chi connectivity index (χ3v) is 13.3. The lowest BCUT2D eigenvalue weighted by Gasteiger charge is -2.44. The summed E-state index contributed by atoms with van der Waals surface area (Å²) in [5.74, 6) is -0.571. The Bertz CT molecular complexity index is 1150. The summed E-state index contributed by atoms with van der Waals surface area (Å²) in [4.78, 5) is 12.2. The molecule has 38 heavy (non-hydrogen) atoms. The van der Waals surface area contributed by atoms with Gasteiger partial charge in [0.25, 0.3) is 8.32 Å². The van der Waals surface area contributed by atoms with Gasteiger partial charge in [0.1, 0.15) is 0 Å². The van der Waals surface area contributed by atoms with Crippen molar-refractivity contribution in [3.05, 3.63) is 78.1 Å². The van der Waals surface area contributed by atoms with E-state index in [0.29, 0.717) is 11.8 Å². The molecule has 4 rings (SSSR count). The zero-order valence-electron chi connectivity index (χ0n) is 23.8. The number of H-pyrrole nitrogens is 1. The quantitative estimate of drug-likeness (QED) is 0.326. The Hall–Kier alpha value is -2.70. The van der Waals surface area contributed by atoms with E-state index in [1.165, 1.54) is 10.4 Å². The van der Waals surface area contributed by atoms with Crippen LogP contribution in [0.5, 0.6) is 0 Å². The molecule has 1 heterocycles. The normalized spacial score (nSPS) is 19.7. The number of rotatable bonds is 8. The fourth-order valence-electron chi connectivity index (χ4n) is 6.45. The molecule has 2 N–H and O–H groups in total. The first-order valence-corrected chi connectivity index (χ1v) is 15.9. The van der Waals surface area contributed by atoms with E-state index < -0.39 is 20.2 Å². The summed E-state index contributed by atoms with van der Waals surface area (Å²) in [5.41, 5.74) is 1.47. The SMILES string of the molecule is CC(C)(C)C(C(=O)O)c1cn[nH]c1C1CCC(CO[Si](c2ccccc2)(c2ccccc2)C(C)(C)C)CC1. The molecule has 6 heteroatoms. The lowest BCUT2D eigenvalue weighted by molar-refractivity contribution is -0.141. The summed E-state index contributed by atoms with van der Waals surface area (Å²) in [5, 5.41) is 20.1. The number of nitrogens with one attached hydrogen (secondary N) is 1. The third kappa shape index (κ3) is 5.67. The van der Waals surface area contributed by atoms with Gasteiger partial charge in [-0.3, -0.25) is 9.89 Å². The summed E-state index contributed by atoms with van der Waals surface area (Å²) >= 11 is 0. The van der Waals surface area contributed by atoms with E-state index in [1.54, 1.807) is 6.20 Å². The molecule has 0 aliphatic heterocycles. The lowest BCUT2D eigenvalue weighted by atomic mass is 9.73. The molecule has 1 unspecified atom stereocenters. The monoisotopic (exact) mass is 532 g/mol. The molecule has 0 bridgehead atoms. The van der Waals surface area contributed by atoms with E-state index in [1.807, 2.05) is 20.8 Å². The Morgan fingerprint density at radius 2 is 1.47 bits per heavy atom.